The number of hydrogen-bond donors (Lipinski definition) is 0. The Kier molecular flexibility index (Phi) is 7.39. The second-order valence-electron chi connectivity index (χ2n) is 15.6. The first-order chi connectivity index (χ1) is 12.0. The minimum absolute atomic E-state index is 0.390. The first-order valence-electron chi connectivity index (χ1n) is 11.4. The molecular weight excluding hydrogens is 411 g/mol. The molecule has 0 aromatic rings. The number of halogens is 2. The molecule has 176 valence electrons. The van der Waals surface area contributed by atoms with E-state index in [2.05, 4.69) is 125 Å². The van der Waals surface area contributed by atoms with Gasteiger partial charge in [0, 0.05) is 0 Å². The number of rotatable bonds is 2. The molecular formula is C24H54F2Si3. The molecule has 0 fully saturated rings. The predicted octanol–water partition coefficient (Wildman–Crippen LogP) is 10.2. The summed E-state index contributed by atoms with van der Waals surface area (Å²) in [5.74, 6) is 0. The molecule has 0 spiro atoms. The Hall–Kier alpha value is 0.511. The molecule has 0 bridgehead atoms. The summed E-state index contributed by atoms with van der Waals surface area (Å²) in [6.45, 7) is 38.6. The average Bonchev–Trinajstić information content (AvgIpc) is 2.12. The van der Waals surface area contributed by atoms with Crippen molar-refractivity contribution < 1.29 is 8.22 Å². The van der Waals surface area contributed by atoms with Crippen LogP contribution >= 0.6 is 0 Å². The zero-order valence-corrected chi connectivity index (χ0v) is 26.3. The Morgan fingerprint density at radius 1 is 0.310 bits per heavy atom. The number of hydrogen-bond acceptors (Lipinski definition) is 0. The van der Waals surface area contributed by atoms with E-state index in [-0.39, 0.29) is 30.2 Å². The van der Waals surface area contributed by atoms with E-state index in [1.807, 2.05) is 0 Å². The van der Waals surface area contributed by atoms with Crippen LogP contribution in [0.15, 0.2) is 0 Å². The van der Waals surface area contributed by atoms with Crippen molar-refractivity contribution in [3.63, 3.8) is 0 Å². The van der Waals surface area contributed by atoms with E-state index in [1.165, 1.54) is 0 Å². The second kappa shape index (κ2) is 7.26. The Morgan fingerprint density at radius 2 is 0.414 bits per heavy atom. The van der Waals surface area contributed by atoms with Crippen LogP contribution in [0.5, 0.6) is 0 Å². The fourth-order valence-electron chi connectivity index (χ4n) is 9.86. The summed E-state index contributed by atoms with van der Waals surface area (Å²) in [6, 6.07) is 0. The Morgan fingerprint density at radius 3 is 0.483 bits per heavy atom. The summed E-state index contributed by atoms with van der Waals surface area (Å²) in [5.41, 5.74) is 0. The largest absolute Gasteiger partial charge is 0.388 e. The minimum Gasteiger partial charge on any atom is -0.280 e. The lowest BCUT2D eigenvalue weighted by Crippen LogP contribution is -2.87. The molecule has 0 saturated heterocycles. The molecule has 0 atom stereocenters. The van der Waals surface area contributed by atoms with Crippen LogP contribution < -0.4 is 0 Å². The van der Waals surface area contributed by atoms with Gasteiger partial charge in [0.05, 0.1) is 0 Å². The highest BCUT2D eigenvalue weighted by Gasteiger charge is 2.86. The van der Waals surface area contributed by atoms with E-state index < -0.39 is 23.0 Å². The van der Waals surface area contributed by atoms with Crippen LogP contribution in [0.25, 0.3) is 0 Å². The van der Waals surface area contributed by atoms with Crippen molar-refractivity contribution in [1.29, 1.82) is 0 Å². The molecule has 0 rings (SSSR count). The molecule has 0 amide bonds. The molecule has 0 unspecified atom stereocenters. The molecule has 5 heteroatoms. The smallest absolute Gasteiger partial charge is 0.280 e. The van der Waals surface area contributed by atoms with Gasteiger partial charge < -0.3 is 0 Å². The second-order valence-corrected chi connectivity index (χ2v) is 38.5. The third-order valence-corrected chi connectivity index (χ3v) is 49.0. The summed E-state index contributed by atoms with van der Waals surface area (Å²) in [4.78, 5) is 0. The van der Waals surface area contributed by atoms with E-state index >= 15 is 8.22 Å². The maximum Gasteiger partial charge on any atom is 0.388 e. The van der Waals surface area contributed by atoms with Gasteiger partial charge in [0.2, 0.25) is 0 Å². The van der Waals surface area contributed by atoms with Crippen molar-refractivity contribution in [2.75, 3.05) is 0 Å². The highest BCUT2D eigenvalue weighted by molar-refractivity contribution is 7.68. The Balaban J connectivity index is 8.22. The molecule has 0 radical (unpaired) electrons. The van der Waals surface area contributed by atoms with Gasteiger partial charge in [0.25, 0.3) is 0 Å². The summed E-state index contributed by atoms with van der Waals surface area (Å²) >= 11 is 0. The van der Waals surface area contributed by atoms with Crippen molar-refractivity contribution in [2.24, 2.45) is 0 Å². The van der Waals surface area contributed by atoms with Crippen LogP contribution in [-0.2, 0) is 0 Å². The van der Waals surface area contributed by atoms with Crippen molar-refractivity contribution in [3.05, 3.63) is 0 Å². The molecule has 0 saturated carbocycles. The van der Waals surface area contributed by atoms with Gasteiger partial charge in [-0.2, -0.15) is 0 Å². The van der Waals surface area contributed by atoms with Crippen molar-refractivity contribution >= 4 is 23.0 Å². The van der Waals surface area contributed by atoms with Gasteiger partial charge in [-0.25, -0.2) is 0 Å². The van der Waals surface area contributed by atoms with E-state index in [4.69, 9.17) is 0 Å². The van der Waals surface area contributed by atoms with Crippen molar-refractivity contribution in [1.82, 2.24) is 0 Å². The summed E-state index contributed by atoms with van der Waals surface area (Å²) in [6.07, 6.45) is 0. The van der Waals surface area contributed by atoms with E-state index in [0.717, 1.165) is 0 Å². The third-order valence-electron chi connectivity index (χ3n) is 7.69. The predicted molar refractivity (Wildman–Crippen MR) is 138 cm³/mol. The lowest BCUT2D eigenvalue weighted by Gasteiger charge is -2.70. The third kappa shape index (κ3) is 3.81. The van der Waals surface area contributed by atoms with Crippen molar-refractivity contribution in [3.8, 4) is 0 Å². The van der Waals surface area contributed by atoms with E-state index in [1.54, 1.807) is 0 Å². The lowest BCUT2D eigenvalue weighted by molar-refractivity contribution is 0.498. The van der Waals surface area contributed by atoms with E-state index in [0.29, 0.717) is 0 Å². The van der Waals surface area contributed by atoms with Gasteiger partial charge in [-0.05, 0) is 30.2 Å². The molecule has 0 N–H and O–H groups in total. The summed E-state index contributed by atoms with van der Waals surface area (Å²) < 4.78 is 36.6. The fraction of sp³-hybridized carbons (Fsp3) is 1.00. The van der Waals surface area contributed by atoms with Gasteiger partial charge in [0.1, 0.15) is 15.2 Å². The van der Waals surface area contributed by atoms with Gasteiger partial charge in [0.15, 0.2) is 0 Å². The summed E-state index contributed by atoms with van der Waals surface area (Å²) in [7, 11) is -11.2. The Labute approximate surface area is 186 Å². The highest BCUT2D eigenvalue weighted by atomic mass is 29.7. The first-order valence-corrected chi connectivity index (χ1v) is 19.1. The van der Waals surface area contributed by atoms with Crippen molar-refractivity contribution in [2.45, 2.75) is 155 Å². The molecule has 0 heterocycles. The molecule has 0 aliphatic rings. The molecule has 0 aromatic carbocycles. The first kappa shape index (κ1) is 29.5. The van der Waals surface area contributed by atoms with Crippen LogP contribution in [0.1, 0.15) is 125 Å². The minimum atomic E-state index is -4.80. The maximum atomic E-state index is 18.3. The normalized spacial score (nSPS) is 17.0. The maximum absolute atomic E-state index is 18.3. The van der Waals surface area contributed by atoms with Crippen LogP contribution in [-0.4, -0.2) is 23.0 Å². The van der Waals surface area contributed by atoms with E-state index in [9.17, 15) is 0 Å². The zero-order chi connectivity index (χ0) is 24.5. The standard InChI is InChI=1S/C24H54F2Si3/c1-19(2,3)27(20(4,5)6,21(7,8)9)29(25,26)28(22(10,11)12,23(13,14)15)24(16,17)18/h1-18H3. The monoisotopic (exact) mass is 464 g/mol. The topological polar surface area (TPSA) is 0 Å². The SMILES string of the molecule is CC(C)(C)[Si](C(C)(C)C)(C(C)(C)C)[Si](F)(F)[Si](C(C)(C)C)(C(C)(C)C)C(C)(C)C. The highest BCUT2D eigenvalue weighted by Crippen LogP contribution is 2.75. The fourth-order valence-corrected chi connectivity index (χ4v) is 73.5. The quantitative estimate of drug-likeness (QED) is 0.281. The van der Waals surface area contributed by atoms with Gasteiger partial charge in [-0.3, -0.25) is 8.22 Å². The van der Waals surface area contributed by atoms with Gasteiger partial charge >= 0.3 is 7.78 Å². The zero-order valence-electron chi connectivity index (χ0n) is 23.3. The molecule has 0 aliphatic carbocycles. The molecule has 0 aromatic heterocycles. The molecule has 0 aliphatic heterocycles. The van der Waals surface area contributed by atoms with Gasteiger partial charge in [-0.1, -0.05) is 125 Å². The molecule has 0 nitrogen and oxygen atoms in total. The lowest BCUT2D eigenvalue weighted by atomic mass is 10.2. The summed E-state index contributed by atoms with van der Waals surface area (Å²) in [5, 5.41) is -2.34. The average molecular weight is 465 g/mol. The van der Waals surface area contributed by atoms with Crippen LogP contribution in [0.3, 0.4) is 0 Å². The van der Waals surface area contributed by atoms with Crippen LogP contribution in [0.2, 0.25) is 30.2 Å². The van der Waals surface area contributed by atoms with Gasteiger partial charge in [-0.15, -0.1) is 0 Å². The van der Waals surface area contributed by atoms with Crippen LogP contribution in [0.4, 0.5) is 8.22 Å². The Bertz CT molecular complexity index is 456. The van der Waals surface area contributed by atoms with Crippen LogP contribution in [0, 0.1) is 0 Å². The molecule has 29 heavy (non-hydrogen) atoms.